The van der Waals surface area contributed by atoms with E-state index < -0.39 is 5.82 Å². The van der Waals surface area contributed by atoms with E-state index in [0.29, 0.717) is 31.5 Å². The molecule has 0 atom stereocenters. The molecular weight excluding hydrogens is 377 g/mol. The molecule has 21 heavy (non-hydrogen) atoms. The number of nitrogens with one attached hydrogen (secondary N) is 1. The van der Waals surface area contributed by atoms with E-state index in [2.05, 4.69) is 4.98 Å². The number of benzene rings is 2. The Bertz CT molecular complexity index is 909. The van der Waals surface area contributed by atoms with E-state index in [1.807, 2.05) is 0 Å². The summed E-state index contributed by atoms with van der Waals surface area (Å²) in [5, 5.41) is 1.04. The molecule has 3 aromatic rings. The molecule has 3 rings (SSSR count). The van der Waals surface area contributed by atoms with Crippen LogP contribution in [-0.2, 0) is 0 Å². The number of rotatable bonds is 1. The van der Waals surface area contributed by atoms with Gasteiger partial charge in [-0.1, -0.05) is 46.4 Å². The van der Waals surface area contributed by atoms with Crippen LogP contribution in [0, 0.1) is 10.6 Å². The summed E-state index contributed by atoms with van der Waals surface area (Å²) in [6, 6.07) is 5.63. The Balaban J connectivity index is 2.44. The van der Waals surface area contributed by atoms with Crippen LogP contribution in [0.2, 0.25) is 20.1 Å². The number of hydrogen-bond donors (Lipinski definition) is 1. The third-order valence-corrected chi connectivity index (χ3v) is 4.51. The van der Waals surface area contributed by atoms with Gasteiger partial charge in [-0.15, -0.1) is 0 Å². The first-order chi connectivity index (χ1) is 9.88. The lowest BCUT2D eigenvalue weighted by Gasteiger charge is -2.10. The Labute approximate surface area is 144 Å². The third kappa shape index (κ3) is 2.56. The van der Waals surface area contributed by atoms with Gasteiger partial charge < -0.3 is 4.98 Å². The third-order valence-electron chi connectivity index (χ3n) is 2.93. The summed E-state index contributed by atoms with van der Waals surface area (Å²) in [4.78, 5) is 2.99. The number of halogens is 5. The molecule has 108 valence electrons. The van der Waals surface area contributed by atoms with Crippen molar-refractivity contribution < 1.29 is 4.39 Å². The van der Waals surface area contributed by atoms with Crippen LogP contribution >= 0.6 is 58.6 Å². The number of aromatic nitrogens is 2. The van der Waals surface area contributed by atoms with Crippen molar-refractivity contribution in [3.63, 3.8) is 0 Å². The molecule has 1 N–H and O–H groups in total. The molecular formula is C13H5Cl4FN2S. The fourth-order valence-corrected chi connectivity index (χ4v) is 3.32. The van der Waals surface area contributed by atoms with Gasteiger partial charge in [0.15, 0.2) is 4.77 Å². The zero-order chi connectivity index (χ0) is 15.3. The molecule has 2 nitrogen and oxygen atoms in total. The maximum atomic E-state index is 13.3. The molecule has 0 aliphatic heterocycles. The van der Waals surface area contributed by atoms with E-state index >= 15 is 0 Å². The van der Waals surface area contributed by atoms with Gasteiger partial charge in [0.05, 0.1) is 36.8 Å². The smallest absolute Gasteiger partial charge is 0.182 e. The van der Waals surface area contributed by atoms with Gasteiger partial charge in [-0.25, -0.2) is 4.39 Å². The van der Waals surface area contributed by atoms with Crippen molar-refractivity contribution >= 4 is 69.7 Å². The first-order valence-corrected chi connectivity index (χ1v) is 7.55. The van der Waals surface area contributed by atoms with Gasteiger partial charge in [0.1, 0.15) is 5.82 Å². The molecule has 0 saturated carbocycles. The van der Waals surface area contributed by atoms with Crippen LogP contribution in [0.25, 0.3) is 16.7 Å². The van der Waals surface area contributed by atoms with E-state index in [-0.39, 0.29) is 10.0 Å². The van der Waals surface area contributed by atoms with Gasteiger partial charge in [0.2, 0.25) is 0 Å². The minimum Gasteiger partial charge on any atom is -0.330 e. The summed E-state index contributed by atoms with van der Waals surface area (Å²) >= 11 is 29.5. The lowest BCUT2D eigenvalue weighted by atomic mass is 10.2. The Morgan fingerprint density at radius 2 is 1.48 bits per heavy atom. The van der Waals surface area contributed by atoms with Gasteiger partial charge >= 0.3 is 0 Å². The van der Waals surface area contributed by atoms with Crippen molar-refractivity contribution in [2.24, 2.45) is 0 Å². The average molecular weight is 382 g/mol. The number of nitrogens with zero attached hydrogens (tertiary/aromatic N) is 1. The van der Waals surface area contributed by atoms with E-state index in [0.717, 1.165) is 0 Å². The summed E-state index contributed by atoms with van der Waals surface area (Å²) in [6.07, 6.45) is 0. The highest BCUT2D eigenvalue weighted by Crippen LogP contribution is 2.35. The maximum Gasteiger partial charge on any atom is 0.182 e. The lowest BCUT2D eigenvalue weighted by Crippen LogP contribution is -1.97. The highest BCUT2D eigenvalue weighted by atomic mass is 35.5. The molecule has 0 radical (unpaired) electrons. The Hall–Kier alpha value is -0.780. The van der Waals surface area contributed by atoms with E-state index in [4.69, 9.17) is 58.6 Å². The molecule has 0 unspecified atom stereocenters. The minimum absolute atomic E-state index is 0.142. The molecule has 0 saturated heterocycles. The molecule has 8 heteroatoms. The fourth-order valence-electron chi connectivity index (χ4n) is 2.07. The summed E-state index contributed by atoms with van der Waals surface area (Å²) in [6.45, 7) is 0. The summed E-state index contributed by atoms with van der Waals surface area (Å²) < 4.78 is 15.3. The predicted molar refractivity (Wildman–Crippen MR) is 88.5 cm³/mol. The van der Waals surface area contributed by atoms with Gasteiger partial charge in [-0.3, -0.25) is 4.57 Å². The zero-order valence-electron chi connectivity index (χ0n) is 10.1. The van der Waals surface area contributed by atoms with Crippen LogP contribution in [0.1, 0.15) is 0 Å². The average Bonchev–Trinajstić information content (AvgIpc) is 2.66. The van der Waals surface area contributed by atoms with Crippen LogP contribution in [0.15, 0.2) is 24.3 Å². The van der Waals surface area contributed by atoms with Gasteiger partial charge in [-0.2, -0.15) is 0 Å². The van der Waals surface area contributed by atoms with E-state index in [1.165, 1.54) is 12.1 Å². The van der Waals surface area contributed by atoms with Crippen molar-refractivity contribution in [3.8, 4) is 5.69 Å². The van der Waals surface area contributed by atoms with E-state index in [9.17, 15) is 4.39 Å². The first kappa shape index (κ1) is 15.1. The minimum atomic E-state index is -0.527. The molecule has 2 aromatic carbocycles. The second-order valence-electron chi connectivity index (χ2n) is 4.27. The highest BCUT2D eigenvalue weighted by Gasteiger charge is 2.16. The SMILES string of the molecule is Fc1cc(Cl)c(-n2c(=S)[nH]c3cc(Cl)c(Cl)cc32)c(Cl)c1. The molecule has 0 aliphatic rings. The van der Waals surface area contributed by atoms with Crippen molar-refractivity contribution in [3.05, 3.63) is 54.9 Å². The summed E-state index contributed by atoms with van der Waals surface area (Å²) in [5.41, 5.74) is 1.70. The van der Waals surface area contributed by atoms with Gasteiger partial charge in [-0.05, 0) is 36.5 Å². The first-order valence-electron chi connectivity index (χ1n) is 5.63. The second-order valence-corrected chi connectivity index (χ2v) is 6.28. The summed E-state index contributed by atoms with van der Waals surface area (Å²) in [5.74, 6) is -0.527. The summed E-state index contributed by atoms with van der Waals surface area (Å²) in [7, 11) is 0. The van der Waals surface area contributed by atoms with Crippen molar-refractivity contribution in [2.75, 3.05) is 0 Å². The maximum absolute atomic E-state index is 13.3. The van der Waals surface area contributed by atoms with E-state index in [1.54, 1.807) is 16.7 Å². The molecule has 1 heterocycles. The second kappa shape index (κ2) is 5.45. The van der Waals surface area contributed by atoms with Gasteiger partial charge in [0, 0.05) is 0 Å². The molecule has 0 fully saturated rings. The normalized spacial score (nSPS) is 11.3. The number of hydrogen-bond acceptors (Lipinski definition) is 1. The van der Waals surface area contributed by atoms with Crippen LogP contribution in [-0.4, -0.2) is 9.55 Å². The standard InChI is InChI=1S/C13H5Cl4FN2S/c14-6-3-10-11(4-7(6)15)20(13(21)19-10)12-8(16)1-5(18)2-9(12)17/h1-4H,(H,19,21). The van der Waals surface area contributed by atoms with Crippen LogP contribution < -0.4 is 0 Å². The number of fused-ring (bicyclic) bond motifs is 1. The largest absolute Gasteiger partial charge is 0.330 e. The van der Waals surface area contributed by atoms with Crippen LogP contribution in [0.4, 0.5) is 4.39 Å². The predicted octanol–water partition coefficient (Wildman–Crippen LogP) is 6.44. The number of imidazole rings is 1. The topological polar surface area (TPSA) is 20.7 Å². The molecule has 0 aliphatic carbocycles. The molecule has 0 bridgehead atoms. The van der Waals surface area contributed by atoms with Crippen LogP contribution in [0.5, 0.6) is 0 Å². The molecule has 0 amide bonds. The molecule has 1 aromatic heterocycles. The van der Waals surface area contributed by atoms with Crippen molar-refractivity contribution in [1.82, 2.24) is 9.55 Å². The van der Waals surface area contributed by atoms with Gasteiger partial charge in [0.25, 0.3) is 0 Å². The molecule has 0 spiro atoms. The van der Waals surface area contributed by atoms with Crippen molar-refractivity contribution in [2.45, 2.75) is 0 Å². The zero-order valence-corrected chi connectivity index (χ0v) is 13.9. The fraction of sp³-hybridized carbons (Fsp3) is 0. The van der Waals surface area contributed by atoms with Crippen molar-refractivity contribution in [1.29, 1.82) is 0 Å². The lowest BCUT2D eigenvalue weighted by molar-refractivity contribution is 0.627. The number of H-pyrrole nitrogens is 1. The quantitative estimate of drug-likeness (QED) is 0.481. The highest BCUT2D eigenvalue weighted by molar-refractivity contribution is 7.71. The monoisotopic (exact) mass is 380 g/mol. The number of aromatic amines is 1. The van der Waals surface area contributed by atoms with Crippen LogP contribution in [0.3, 0.4) is 0 Å². The Morgan fingerprint density at radius 3 is 2.10 bits per heavy atom. The Morgan fingerprint density at radius 1 is 0.905 bits per heavy atom. The Kier molecular flexibility index (Phi) is 3.93.